The molecule has 2 aromatic rings. The highest BCUT2D eigenvalue weighted by atomic mass is 16.4. The van der Waals surface area contributed by atoms with Gasteiger partial charge in [-0.2, -0.15) is 0 Å². The predicted molar refractivity (Wildman–Crippen MR) is 103 cm³/mol. The Labute approximate surface area is 177 Å². The summed E-state index contributed by atoms with van der Waals surface area (Å²) in [4.78, 5) is 19.3. The Morgan fingerprint density at radius 1 is 0.833 bits per heavy atom. The maximum atomic E-state index is 9.63. The Morgan fingerprint density at radius 2 is 1.17 bits per heavy atom. The molecule has 0 aliphatic heterocycles. The second-order valence-electron chi connectivity index (χ2n) is 6.87. The predicted octanol–water partition coefficient (Wildman–Crippen LogP) is -2.57. The third-order valence-corrected chi connectivity index (χ3v) is 3.97. The summed E-state index contributed by atoms with van der Waals surface area (Å²) in [6.45, 7) is 6.72. The normalized spacial score (nSPS) is 12.1. The number of carbonyl (C=O) groups is 2. The number of rotatable bonds is 9. The maximum absolute atomic E-state index is 9.63. The van der Waals surface area contributed by atoms with E-state index < -0.39 is 24.1 Å². The van der Waals surface area contributed by atoms with Crippen LogP contribution in [0.3, 0.4) is 0 Å². The molecule has 0 amide bonds. The molecule has 0 unspecified atom stereocenters. The van der Waals surface area contributed by atoms with Crippen molar-refractivity contribution >= 4 is 11.9 Å². The number of carbonyl (C=O) groups excluding carboxylic acids is 2. The summed E-state index contributed by atoms with van der Waals surface area (Å²) in [7, 11) is 4.09. The van der Waals surface area contributed by atoms with Crippen LogP contribution in [0.15, 0.2) is 37.4 Å². The molecule has 10 heteroatoms. The number of carboxylic acid groups (broad SMARTS) is 2. The average Bonchev–Trinajstić information content (AvgIpc) is 3.32. The van der Waals surface area contributed by atoms with Crippen LogP contribution < -0.4 is 19.3 Å². The summed E-state index contributed by atoms with van der Waals surface area (Å²) in [5.41, 5.74) is 0. The number of imidazole rings is 2. The number of hydrogen-bond acceptors (Lipinski definition) is 6. The third-order valence-electron chi connectivity index (χ3n) is 3.97. The first-order valence-corrected chi connectivity index (χ1v) is 9.92. The number of nitrogens with zero attached hydrogens (tertiary/aromatic N) is 4. The van der Waals surface area contributed by atoms with Gasteiger partial charge in [-0.05, 0) is 12.8 Å². The van der Waals surface area contributed by atoms with Crippen LogP contribution in [-0.4, -0.2) is 43.5 Å². The van der Waals surface area contributed by atoms with Crippen molar-refractivity contribution in [2.75, 3.05) is 0 Å². The van der Waals surface area contributed by atoms with Gasteiger partial charge in [-0.15, -0.1) is 0 Å². The molecule has 2 aromatic heterocycles. The monoisotopic (exact) mass is 426 g/mol. The van der Waals surface area contributed by atoms with E-state index in [4.69, 9.17) is 10.2 Å². The molecule has 30 heavy (non-hydrogen) atoms. The van der Waals surface area contributed by atoms with Crippen molar-refractivity contribution in [1.29, 1.82) is 0 Å². The molecule has 0 aliphatic carbocycles. The standard InChI is InChI=1S/2C8H15N2.C4H6O6/c2*1-3-4-5-10-7-6-9(2)8-10;5-1(3(7)8)2(6)4(9)10/h2*6-8H,3-5H2,1-2H3;1-2,5-6H,(H,7,8)(H,9,10)/q2*+1;/p-2/t;;1-,2-/m..1/s1. The van der Waals surface area contributed by atoms with Crippen molar-refractivity contribution in [2.24, 2.45) is 14.1 Å². The SMILES string of the molecule is CCCCn1cc[n+](C)c1.CCCCn1cc[n+](C)c1.O=C([O-])[C@H](O)[C@@H](O)C(=O)[O-]. The number of unbranched alkanes of at least 4 members (excludes halogenated alkanes) is 2. The number of aryl methyl sites for hydroxylation is 4. The molecule has 170 valence electrons. The van der Waals surface area contributed by atoms with Gasteiger partial charge in [0.1, 0.15) is 37.0 Å². The summed E-state index contributed by atoms with van der Waals surface area (Å²) < 4.78 is 8.55. The van der Waals surface area contributed by atoms with Gasteiger partial charge in [0.2, 0.25) is 12.7 Å². The maximum Gasteiger partial charge on any atom is 0.243 e. The molecule has 0 fully saturated rings. The van der Waals surface area contributed by atoms with Crippen LogP contribution in [0.2, 0.25) is 0 Å². The third kappa shape index (κ3) is 12.0. The van der Waals surface area contributed by atoms with E-state index in [2.05, 4.69) is 69.6 Å². The summed E-state index contributed by atoms with van der Waals surface area (Å²) in [6, 6.07) is 0. The molecular weight excluding hydrogens is 392 g/mol. The Bertz CT molecular complexity index is 681. The van der Waals surface area contributed by atoms with E-state index in [0.717, 1.165) is 13.1 Å². The number of aliphatic hydroxyl groups excluding tert-OH is 2. The van der Waals surface area contributed by atoms with Crippen molar-refractivity contribution in [3.05, 3.63) is 37.4 Å². The first-order valence-electron chi connectivity index (χ1n) is 9.92. The van der Waals surface area contributed by atoms with Gasteiger partial charge in [-0.3, -0.25) is 0 Å². The van der Waals surface area contributed by atoms with Crippen LogP contribution in [0.25, 0.3) is 0 Å². The zero-order chi connectivity index (χ0) is 23.1. The lowest BCUT2D eigenvalue weighted by molar-refractivity contribution is -0.671. The van der Waals surface area contributed by atoms with Gasteiger partial charge in [-0.25, -0.2) is 18.3 Å². The summed E-state index contributed by atoms with van der Waals surface area (Å²) >= 11 is 0. The van der Waals surface area contributed by atoms with Crippen LogP contribution in [0.4, 0.5) is 0 Å². The molecular formula is C20H34N4O6. The van der Waals surface area contributed by atoms with E-state index in [1.165, 1.54) is 25.7 Å². The molecule has 0 bridgehead atoms. The summed E-state index contributed by atoms with van der Waals surface area (Å²) in [5, 5.41) is 35.7. The summed E-state index contributed by atoms with van der Waals surface area (Å²) in [5.74, 6) is -4.12. The lowest BCUT2D eigenvalue weighted by atomic mass is 10.2. The quantitative estimate of drug-likeness (QED) is 0.423. The van der Waals surface area contributed by atoms with Crippen LogP contribution in [0.5, 0.6) is 0 Å². The molecule has 2 atom stereocenters. The molecule has 2 N–H and O–H groups in total. The first-order chi connectivity index (χ1) is 14.1. The number of aromatic nitrogens is 4. The molecule has 0 aromatic carbocycles. The lowest BCUT2D eigenvalue weighted by Crippen LogP contribution is -2.51. The number of aliphatic carboxylic acids is 2. The van der Waals surface area contributed by atoms with Crippen molar-refractivity contribution in [3.8, 4) is 0 Å². The average molecular weight is 427 g/mol. The van der Waals surface area contributed by atoms with Crippen LogP contribution in [0, 0.1) is 0 Å². The van der Waals surface area contributed by atoms with Crippen molar-refractivity contribution < 1.29 is 39.1 Å². The molecule has 0 spiro atoms. The van der Waals surface area contributed by atoms with Crippen LogP contribution in [-0.2, 0) is 36.8 Å². The number of aliphatic hydroxyl groups is 2. The van der Waals surface area contributed by atoms with E-state index in [0.29, 0.717) is 0 Å². The highest BCUT2D eigenvalue weighted by Crippen LogP contribution is 1.92. The topological polar surface area (TPSA) is 138 Å². The Hall–Kier alpha value is -2.72. The molecule has 0 saturated carbocycles. The van der Waals surface area contributed by atoms with Crippen molar-refractivity contribution in [3.63, 3.8) is 0 Å². The Balaban J connectivity index is 0.000000420. The van der Waals surface area contributed by atoms with Gasteiger partial charge in [0.25, 0.3) is 0 Å². The van der Waals surface area contributed by atoms with Crippen LogP contribution in [0.1, 0.15) is 39.5 Å². The van der Waals surface area contributed by atoms with Gasteiger partial charge in [-0.1, -0.05) is 26.7 Å². The van der Waals surface area contributed by atoms with Gasteiger partial charge < -0.3 is 30.0 Å². The molecule has 2 rings (SSSR count). The number of hydrogen-bond donors (Lipinski definition) is 2. The molecule has 0 radical (unpaired) electrons. The molecule has 10 nitrogen and oxygen atoms in total. The fraction of sp³-hybridized carbons (Fsp3) is 0.600. The molecule has 0 saturated heterocycles. The van der Waals surface area contributed by atoms with E-state index >= 15 is 0 Å². The van der Waals surface area contributed by atoms with Crippen molar-refractivity contribution in [2.45, 2.75) is 64.8 Å². The van der Waals surface area contributed by atoms with Gasteiger partial charge in [0, 0.05) is 0 Å². The Kier molecular flexibility index (Phi) is 13.8. The summed E-state index contributed by atoms with van der Waals surface area (Å²) in [6.07, 6.45) is 12.8. The minimum absolute atomic E-state index is 1.15. The highest BCUT2D eigenvalue weighted by Gasteiger charge is 2.17. The van der Waals surface area contributed by atoms with E-state index in [-0.39, 0.29) is 0 Å². The molecule has 2 heterocycles. The van der Waals surface area contributed by atoms with E-state index in [1.807, 2.05) is 14.1 Å². The minimum Gasteiger partial charge on any atom is -0.547 e. The van der Waals surface area contributed by atoms with E-state index in [9.17, 15) is 19.8 Å². The minimum atomic E-state index is -2.44. The largest absolute Gasteiger partial charge is 0.547 e. The first kappa shape index (κ1) is 27.3. The van der Waals surface area contributed by atoms with Crippen molar-refractivity contribution in [1.82, 2.24) is 9.13 Å². The second kappa shape index (κ2) is 15.2. The highest BCUT2D eigenvalue weighted by molar-refractivity contribution is 5.80. The number of carboxylic acids is 2. The second-order valence-corrected chi connectivity index (χ2v) is 6.87. The fourth-order valence-electron chi connectivity index (χ4n) is 2.21. The molecule has 0 aliphatic rings. The fourth-order valence-corrected chi connectivity index (χ4v) is 2.21. The van der Waals surface area contributed by atoms with Gasteiger partial charge in [0.15, 0.2) is 0 Å². The van der Waals surface area contributed by atoms with Gasteiger partial charge in [0.05, 0.1) is 39.1 Å². The van der Waals surface area contributed by atoms with Crippen LogP contribution >= 0.6 is 0 Å². The Morgan fingerprint density at radius 3 is 1.37 bits per heavy atom. The zero-order valence-electron chi connectivity index (χ0n) is 18.2. The zero-order valence-corrected chi connectivity index (χ0v) is 18.2. The lowest BCUT2D eigenvalue weighted by Gasteiger charge is -2.18. The smallest absolute Gasteiger partial charge is 0.243 e. The van der Waals surface area contributed by atoms with E-state index in [1.54, 1.807) is 0 Å². The van der Waals surface area contributed by atoms with Gasteiger partial charge >= 0.3 is 0 Å².